The zero-order chi connectivity index (χ0) is 21.5. The van der Waals surface area contributed by atoms with E-state index in [9.17, 15) is 13.6 Å². The monoisotopic (exact) mass is 413 g/mol. The molecule has 0 spiro atoms. The minimum absolute atomic E-state index is 0.127. The van der Waals surface area contributed by atoms with Gasteiger partial charge in [0.1, 0.15) is 5.82 Å². The molecule has 0 saturated carbocycles. The van der Waals surface area contributed by atoms with Crippen LogP contribution in [-0.4, -0.2) is 29.2 Å². The van der Waals surface area contributed by atoms with E-state index < -0.39 is 12.5 Å². The van der Waals surface area contributed by atoms with E-state index in [-0.39, 0.29) is 11.5 Å². The zero-order valence-corrected chi connectivity index (χ0v) is 16.5. The first-order chi connectivity index (χ1) is 14.5. The van der Waals surface area contributed by atoms with Gasteiger partial charge < -0.3 is 19.4 Å². The predicted molar refractivity (Wildman–Crippen MR) is 110 cm³/mol. The smallest absolute Gasteiger partial charge is 0.387 e. The third-order valence-electron chi connectivity index (χ3n) is 4.35. The van der Waals surface area contributed by atoms with Crippen LogP contribution in [0.3, 0.4) is 0 Å². The van der Waals surface area contributed by atoms with Crippen LogP contribution in [0.5, 0.6) is 11.5 Å². The number of nitrogens with one attached hydrogen (secondary N) is 1. The first kappa shape index (κ1) is 21.0. The molecule has 0 aliphatic heterocycles. The number of carbonyl (C=O) groups excluding carboxylic acids is 1. The molecular formula is C22H21F2N3O3. The summed E-state index contributed by atoms with van der Waals surface area (Å²) in [6, 6.07) is 12.1. The van der Waals surface area contributed by atoms with E-state index in [4.69, 9.17) is 4.74 Å². The fraction of sp³-hybridized carbons (Fsp3) is 0.182. The molecule has 30 heavy (non-hydrogen) atoms. The quantitative estimate of drug-likeness (QED) is 0.552. The number of para-hydroxylation sites is 1. The lowest BCUT2D eigenvalue weighted by atomic mass is 10.1. The van der Waals surface area contributed by atoms with Gasteiger partial charge >= 0.3 is 6.61 Å². The lowest BCUT2D eigenvalue weighted by molar-refractivity contribution is -0.111. The lowest BCUT2D eigenvalue weighted by Gasteiger charge is -2.12. The van der Waals surface area contributed by atoms with Crippen molar-refractivity contribution in [2.75, 3.05) is 12.4 Å². The summed E-state index contributed by atoms with van der Waals surface area (Å²) in [6.45, 7) is -0.393. The molecule has 0 atom stereocenters. The first-order valence-corrected chi connectivity index (χ1v) is 9.14. The summed E-state index contributed by atoms with van der Waals surface area (Å²) in [6.07, 6.45) is 6.29. The summed E-state index contributed by atoms with van der Waals surface area (Å²) < 4.78 is 37.0. The van der Waals surface area contributed by atoms with Crippen molar-refractivity contribution >= 4 is 17.7 Å². The van der Waals surface area contributed by atoms with Crippen LogP contribution in [-0.2, 0) is 11.3 Å². The Labute approximate surface area is 172 Å². The van der Waals surface area contributed by atoms with Gasteiger partial charge in [0.05, 0.1) is 7.11 Å². The number of ether oxygens (including phenoxy) is 2. The summed E-state index contributed by atoms with van der Waals surface area (Å²) in [5, 5.41) is 2.73. The Bertz CT molecular complexity index is 1030. The van der Waals surface area contributed by atoms with Gasteiger partial charge in [-0.05, 0) is 36.8 Å². The number of anilines is 1. The fourth-order valence-corrected chi connectivity index (χ4v) is 2.85. The van der Waals surface area contributed by atoms with E-state index in [0.717, 1.165) is 11.4 Å². The molecule has 3 rings (SSSR count). The minimum atomic E-state index is -3.01. The van der Waals surface area contributed by atoms with Gasteiger partial charge in [0.25, 0.3) is 0 Å². The van der Waals surface area contributed by atoms with Crippen LogP contribution in [0.2, 0.25) is 0 Å². The van der Waals surface area contributed by atoms with Crippen molar-refractivity contribution in [3.05, 3.63) is 77.9 Å². The summed E-state index contributed by atoms with van der Waals surface area (Å²) in [7, 11) is 1.35. The second-order valence-electron chi connectivity index (χ2n) is 6.38. The predicted octanol–water partition coefficient (Wildman–Crippen LogP) is 4.50. The van der Waals surface area contributed by atoms with Gasteiger partial charge in [-0.25, -0.2) is 4.98 Å². The Balaban J connectivity index is 1.65. The number of aromatic nitrogens is 2. The molecular weight excluding hydrogens is 392 g/mol. The van der Waals surface area contributed by atoms with Gasteiger partial charge in [-0.2, -0.15) is 8.78 Å². The average Bonchev–Trinajstić information content (AvgIpc) is 3.12. The van der Waals surface area contributed by atoms with Gasteiger partial charge in [0.15, 0.2) is 11.5 Å². The number of imidazole rings is 1. The van der Waals surface area contributed by atoms with Crippen LogP contribution in [0.4, 0.5) is 14.5 Å². The zero-order valence-electron chi connectivity index (χ0n) is 16.5. The standard InChI is InChI=1S/C22H21F2N3O3/c1-15-25-12-13-27(15)14-16-6-9-18(10-7-16)26-20(28)11-8-17-4-3-5-19(29-2)21(17)30-22(23)24/h3-13,22H,14H2,1-2H3,(H,26,28)/b11-8+. The third-order valence-corrected chi connectivity index (χ3v) is 4.35. The molecule has 6 nitrogen and oxygen atoms in total. The molecule has 2 aromatic carbocycles. The van der Waals surface area contributed by atoms with Crippen molar-refractivity contribution in [3.8, 4) is 11.5 Å². The Morgan fingerprint density at radius 1 is 1.23 bits per heavy atom. The van der Waals surface area contributed by atoms with Crippen LogP contribution in [0.25, 0.3) is 6.08 Å². The van der Waals surface area contributed by atoms with Crippen molar-refractivity contribution in [1.29, 1.82) is 0 Å². The molecule has 0 aliphatic carbocycles. The highest BCUT2D eigenvalue weighted by atomic mass is 19.3. The van der Waals surface area contributed by atoms with E-state index in [1.165, 1.54) is 25.3 Å². The van der Waals surface area contributed by atoms with Crippen molar-refractivity contribution in [2.45, 2.75) is 20.1 Å². The normalized spacial score (nSPS) is 11.1. The van der Waals surface area contributed by atoms with Gasteiger partial charge in [0.2, 0.25) is 5.91 Å². The molecule has 0 saturated heterocycles. The first-order valence-electron chi connectivity index (χ1n) is 9.14. The number of benzene rings is 2. The maximum atomic E-state index is 12.7. The summed E-state index contributed by atoms with van der Waals surface area (Å²) in [5.74, 6) is 0.545. The van der Waals surface area contributed by atoms with E-state index in [1.807, 2.05) is 29.8 Å². The number of aryl methyl sites for hydroxylation is 1. The van der Waals surface area contributed by atoms with E-state index in [0.29, 0.717) is 17.8 Å². The largest absolute Gasteiger partial charge is 0.493 e. The molecule has 1 heterocycles. The fourth-order valence-electron chi connectivity index (χ4n) is 2.85. The Hall–Kier alpha value is -3.68. The molecule has 0 unspecified atom stereocenters. The minimum Gasteiger partial charge on any atom is -0.493 e. The second-order valence-corrected chi connectivity index (χ2v) is 6.38. The number of hydrogen-bond acceptors (Lipinski definition) is 4. The average molecular weight is 413 g/mol. The van der Waals surface area contributed by atoms with Gasteiger partial charge in [-0.15, -0.1) is 0 Å². The SMILES string of the molecule is COc1cccc(/C=C/C(=O)Nc2ccc(Cn3ccnc3C)cc2)c1OC(F)F. The topological polar surface area (TPSA) is 65.4 Å². The van der Waals surface area contributed by atoms with Crippen molar-refractivity contribution in [2.24, 2.45) is 0 Å². The molecule has 0 bridgehead atoms. The van der Waals surface area contributed by atoms with Crippen LogP contribution in [0.15, 0.2) is 60.9 Å². The maximum Gasteiger partial charge on any atom is 0.387 e. The molecule has 1 N–H and O–H groups in total. The van der Waals surface area contributed by atoms with Crippen molar-refractivity contribution in [3.63, 3.8) is 0 Å². The highest BCUT2D eigenvalue weighted by Crippen LogP contribution is 2.33. The number of alkyl halides is 2. The van der Waals surface area contributed by atoms with Gasteiger partial charge in [-0.3, -0.25) is 4.79 Å². The molecule has 0 fully saturated rings. The van der Waals surface area contributed by atoms with Crippen LogP contribution in [0.1, 0.15) is 17.0 Å². The molecule has 8 heteroatoms. The number of methoxy groups -OCH3 is 1. The highest BCUT2D eigenvalue weighted by molar-refractivity contribution is 6.02. The summed E-state index contributed by atoms with van der Waals surface area (Å²) >= 11 is 0. The Morgan fingerprint density at radius 3 is 2.63 bits per heavy atom. The number of hydrogen-bond donors (Lipinski definition) is 1. The third kappa shape index (κ3) is 5.44. The maximum absolute atomic E-state index is 12.7. The van der Waals surface area contributed by atoms with Gasteiger partial charge in [-0.1, -0.05) is 24.3 Å². The summed E-state index contributed by atoms with van der Waals surface area (Å²) in [4.78, 5) is 16.4. The molecule has 1 aromatic heterocycles. The van der Waals surface area contributed by atoms with Crippen LogP contribution >= 0.6 is 0 Å². The van der Waals surface area contributed by atoms with Crippen molar-refractivity contribution in [1.82, 2.24) is 9.55 Å². The molecule has 156 valence electrons. The second kappa shape index (κ2) is 9.69. The Kier molecular flexibility index (Phi) is 6.79. The number of nitrogens with zero attached hydrogens (tertiary/aromatic N) is 2. The van der Waals surface area contributed by atoms with Gasteiger partial charge in [0, 0.05) is 36.3 Å². The Morgan fingerprint density at radius 2 is 2.00 bits per heavy atom. The number of halogens is 2. The van der Waals surface area contributed by atoms with E-state index >= 15 is 0 Å². The van der Waals surface area contributed by atoms with E-state index in [2.05, 4.69) is 15.0 Å². The molecule has 0 aliphatic rings. The summed E-state index contributed by atoms with van der Waals surface area (Å²) in [5.41, 5.74) is 1.98. The number of rotatable bonds is 8. The lowest BCUT2D eigenvalue weighted by Crippen LogP contribution is -2.08. The van der Waals surface area contributed by atoms with Crippen LogP contribution in [0, 0.1) is 6.92 Å². The molecule has 1 amide bonds. The van der Waals surface area contributed by atoms with Crippen LogP contribution < -0.4 is 14.8 Å². The van der Waals surface area contributed by atoms with E-state index in [1.54, 1.807) is 30.5 Å². The molecule has 0 radical (unpaired) electrons. The molecule has 3 aromatic rings. The highest BCUT2D eigenvalue weighted by Gasteiger charge is 2.14. The number of carbonyl (C=O) groups is 1. The van der Waals surface area contributed by atoms with Crippen molar-refractivity contribution < 1.29 is 23.0 Å². The number of amides is 1.